The monoisotopic (exact) mass is 284 g/mol. The molecule has 104 valence electrons. The highest BCUT2D eigenvalue weighted by molar-refractivity contribution is 6.09. The van der Waals surface area contributed by atoms with Gasteiger partial charge in [0.25, 0.3) is 0 Å². The lowest BCUT2D eigenvalue weighted by Crippen LogP contribution is -2.09. The van der Waals surface area contributed by atoms with Crippen LogP contribution < -0.4 is 4.74 Å². The molecule has 0 unspecified atom stereocenters. The fourth-order valence-corrected chi connectivity index (χ4v) is 1.71. The van der Waals surface area contributed by atoms with Crippen molar-refractivity contribution in [1.29, 1.82) is 0 Å². The molecule has 2 nitrogen and oxygen atoms in total. The van der Waals surface area contributed by atoms with E-state index in [1.165, 1.54) is 7.11 Å². The van der Waals surface area contributed by atoms with Gasteiger partial charge in [-0.1, -0.05) is 0 Å². The van der Waals surface area contributed by atoms with Gasteiger partial charge in [-0.2, -0.15) is 0 Å². The normalized spacial score (nSPS) is 10.4. The number of ether oxygens (including phenoxy) is 1. The summed E-state index contributed by atoms with van der Waals surface area (Å²) in [6.45, 7) is 0. The minimum absolute atomic E-state index is 0.110. The fraction of sp³-hybridized carbons (Fsp3) is 0.0714. The van der Waals surface area contributed by atoms with Crippen molar-refractivity contribution in [3.8, 4) is 5.75 Å². The first-order valence-corrected chi connectivity index (χ1v) is 5.47. The molecule has 0 heterocycles. The number of hydrogen-bond donors (Lipinski definition) is 0. The van der Waals surface area contributed by atoms with Crippen LogP contribution in [0.2, 0.25) is 0 Å². The second-order valence-corrected chi connectivity index (χ2v) is 3.92. The topological polar surface area (TPSA) is 26.3 Å². The number of carbonyl (C=O) groups excluding carboxylic acids is 1. The van der Waals surface area contributed by atoms with Crippen LogP contribution in [0.5, 0.6) is 5.75 Å². The summed E-state index contributed by atoms with van der Waals surface area (Å²) in [5.41, 5.74) is -1.20. The molecule has 20 heavy (non-hydrogen) atoms. The molecule has 2 aromatic rings. The zero-order valence-electron chi connectivity index (χ0n) is 10.2. The van der Waals surface area contributed by atoms with Crippen molar-refractivity contribution < 1.29 is 27.1 Å². The van der Waals surface area contributed by atoms with Crippen LogP contribution in [0, 0.1) is 23.3 Å². The third-order valence-electron chi connectivity index (χ3n) is 2.65. The van der Waals surface area contributed by atoms with Gasteiger partial charge in [0.1, 0.15) is 17.5 Å². The van der Waals surface area contributed by atoms with E-state index in [1.807, 2.05) is 0 Å². The van der Waals surface area contributed by atoms with Crippen LogP contribution in [0.25, 0.3) is 0 Å². The van der Waals surface area contributed by atoms with E-state index in [2.05, 4.69) is 4.74 Å². The molecule has 2 rings (SSSR count). The summed E-state index contributed by atoms with van der Waals surface area (Å²) >= 11 is 0. The maximum absolute atomic E-state index is 13.5. The van der Waals surface area contributed by atoms with Gasteiger partial charge in [0.2, 0.25) is 0 Å². The molecule has 0 saturated heterocycles. The molecule has 0 amide bonds. The summed E-state index contributed by atoms with van der Waals surface area (Å²) in [6, 6.07) is 3.88. The van der Waals surface area contributed by atoms with Crippen molar-refractivity contribution in [1.82, 2.24) is 0 Å². The van der Waals surface area contributed by atoms with E-state index in [0.717, 1.165) is 18.2 Å². The number of ketones is 1. The van der Waals surface area contributed by atoms with E-state index in [1.54, 1.807) is 0 Å². The summed E-state index contributed by atoms with van der Waals surface area (Å²) in [5.74, 6) is -5.87. The van der Waals surface area contributed by atoms with Crippen molar-refractivity contribution in [3.63, 3.8) is 0 Å². The Morgan fingerprint density at radius 1 is 0.950 bits per heavy atom. The molecule has 0 saturated carbocycles. The van der Waals surface area contributed by atoms with Gasteiger partial charge in [-0.05, 0) is 18.2 Å². The van der Waals surface area contributed by atoms with E-state index in [0.29, 0.717) is 12.1 Å². The zero-order chi connectivity index (χ0) is 14.9. The number of methoxy groups -OCH3 is 1. The molecule has 0 aromatic heterocycles. The summed E-state index contributed by atoms with van der Waals surface area (Å²) in [7, 11) is 1.24. The molecular weight excluding hydrogens is 276 g/mol. The molecule has 0 spiro atoms. The molecule has 0 aliphatic carbocycles. The highest BCUT2D eigenvalue weighted by Crippen LogP contribution is 2.22. The Kier molecular flexibility index (Phi) is 3.74. The molecule has 0 aliphatic heterocycles. The van der Waals surface area contributed by atoms with Gasteiger partial charge in [-0.25, -0.2) is 17.6 Å². The first-order valence-electron chi connectivity index (χ1n) is 5.47. The fourth-order valence-electron chi connectivity index (χ4n) is 1.71. The van der Waals surface area contributed by atoms with E-state index >= 15 is 0 Å². The van der Waals surface area contributed by atoms with Crippen LogP contribution in [0.4, 0.5) is 17.6 Å². The van der Waals surface area contributed by atoms with Crippen LogP contribution in [-0.2, 0) is 0 Å². The maximum Gasteiger partial charge on any atom is 0.199 e. The first-order chi connectivity index (χ1) is 9.43. The highest BCUT2D eigenvalue weighted by Gasteiger charge is 2.21. The predicted octanol–water partition coefficient (Wildman–Crippen LogP) is 3.48. The molecule has 2 aromatic carbocycles. The van der Waals surface area contributed by atoms with Crippen LogP contribution in [0.3, 0.4) is 0 Å². The maximum atomic E-state index is 13.5. The van der Waals surface area contributed by atoms with Crippen molar-refractivity contribution in [2.45, 2.75) is 0 Å². The van der Waals surface area contributed by atoms with Crippen molar-refractivity contribution in [2.75, 3.05) is 7.11 Å². The molecule has 0 atom stereocenters. The SMILES string of the molecule is COc1ccc(C(=O)c2c(F)cc(F)cc2F)cc1F. The molecule has 0 aliphatic rings. The largest absolute Gasteiger partial charge is 0.494 e. The van der Waals surface area contributed by atoms with E-state index < -0.39 is 34.6 Å². The molecular formula is C14H8F4O2. The van der Waals surface area contributed by atoms with E-state index in [9.17, 15) is 22.4 Å². The third kappa shape index (κ3) is 2.49. The van der Waals surface area contributed by atoms with Gasteiger partial charge < -0.3 is 4.74 Å². The Morgan fingerprint density at radius 3 is 2.05 bits per heavy atom. The lowest BCUT2D eigenvalue weighted by molar-refractivity contribution is 0.103. The minimum Gasteiger partial charge on any atom is -0.494 e. The van der Waals surface area contributed by atoms with Gasteiger partial charge in [0, 0.05) is 17.7 Å². The first kappa shape index (κ1) is 14.0. The van der Waals surface area contributed by atoms with Gasteiger partial charge in [-0.15, -0.1) is 0 Å². The number of rotatable bonds is 3. The number of halogens is 4. The standard InChI is InChI=1S/C14H8F4O2/c1-20-12-3-2-7(4-9(12)16)14(19)13-10(17)5-8(15)6-11(13)18/h2-6H,1H3. The minimum atomic E-state index is -1.34. The quantitative estimate of drug-likeness (QED) is 0.637. The second-order valence-electron chi connectivity index (χ2n) is 3.92. The third-order valence-corrected chi connectivity index (χ3v) is 2.65. The number of carbonyl (C=O) groups is 1. The Bertz CT molecular complexity index is 660. The lowest BCUT2D eigenvalue weighted by Gasteiger charge is -2.06. The molecule has 6 heteroatoms. The second kappa shape index (κ2) is 5.32. The van der Waals surface area contributed by atoms with Gasteiger partial charge in [0.15, 0.2) is 17.3 Å². The van der Waals surface area contributed by atoms with Crippen molar-refractivity contribution >= 4 is 5.78 Å². The summed E-state index contributed by atoms with van der Waals surface area (Å²) in [4.78, 5) is 11.9. The number of benzene rings is 2. The smallest absolute Gasteiger partial charge is 0.199 e. The highest BCUT2D eigenvalue weighted by atomic mass is 19.1. The summed E-state index contributed by atoms with van der Waals surface area (Å²) in [6.07, 6.45) is 0. The van der Waals surface area contributed by atoms with Gasteiger partial charge in [-0.3, -0.25) is 4.79 Å². The molecule has 0 fully saturated rings. The van der Waals surface area contributed by atoms with Gasteiger partial charge >= 0.3 is 0 Å². The summed E-state index contributed by atoms with van der Waals surface area (Å²) < 4.78 is 57.8. The Labute approximate surface area is 111 Å². The Morgan fingerprint density at radius 2 is 1.55 bits per heavy atom. The molecule has 0 bridgehead atoms. The van der Waals surface area contributed by atoms with Crippen LogP contribution in [-0.4, -0.2) is 12.9 Å². The Hall–Kier alpha value is -2.37. The lowest BCUT2D eigenvalue weighted by atomic mass is 10.0. The van der Waals surface area contributed by atoms with Crippen molar-refractivity contribution in [3.05, 3.63) is 64.7 Å². The van der Waals surface area contributed by atoms with E-state index in [4.69, 9.17) is 0 Å². The van der Waals surface area contributed by atoms with Crippen LogP contribution >= 0.6 is 0 Å². The average Bonchev–Trinajstić information content (AvgIpc) is 2.37. The van der Waals surface area contributed by atoms with Gasteiger partial charge in [0.05, 0.1) is 12.7 Å². The Balaban J connectivity index is 2.49. The molecule has 0 N–H and O–H groups in total. The summed E-state index contributed by atoms with van der Waals surface area (Å²) in [5, 5.41) is 0. The number of hydrogen-bond acceptors (Lipinski definition) is 2. The zero-order valence-corrected chi connectivity index (χ0v) is 10.2. The molecule has 0 radical (unpaired) electrons. The predicted molar refractivity (Wildman–Crippen MR) is 62.7 cm³/mol. The van der Waals surface area contributed by atoms with E-state index in [-0.39, 0.29) is 11.3 Å². The van der Waals surface area contributed by atoms with Crippen molar-refractivity contribution in [2.24, 2.45) is 0 Å². The average molecular weight is 284 g/mol. The van der Waals surface area contributed by atoms with Crippen LogP contribution in [0.15, 0.2) is 30.3 Å². The van der Waals surface area contributed by atoms with Crippen LogP contribution in [0.1, 0.15) is 15.9 Å².